The van der Waals surface area contributed by atoms with Gasteiger partial charge < -0.3 is 10.6 Å². The molecule has 0 saturated carbocycles. The molecular weight excluding hydrogens is 320 g/mol. The van der Waals surface area contributed by atoms with E-state index in [-0.39, 0.29) is 18.3 Å². The summed E-state index contributed by atoms with van der Waals surface area (Å²) >= 11 is 0. The number of rotatable bonds is 4. The third-order valence-corrected chi connectivity index (χ3v) is 4.41. The van der Waals surface area contributed by atoms with Gasteiger partial charge in [0.05, 0.1) is 6.42 Å². The first kappa shape index (κ1) is 18.5. The molecule has 1 fully saturated rings. The van der Waals surface area contributed by atoms with Gasteiger partial charge in [-0.1, -0.05) is 54.6 Å². The maximum absolute atomic E-state index is 12.2. The summed E-state index contributed by atoms with van der Waals surface area (Å²) in [6, 6.07) is 19.4. The zero-order valence-corrected chi connectivity index (χ0v) is 14.8. The van der Waals surface area contributed by atoms with Crippen LogP contribution >= 0.6 is 12.4 Å². The second-order valence-corrected chi connectivity index (χ2v) is 6.38. The van der Waals surface area contributed by atoms with Crippen molar-refractivity contribution in [2.45, 2.75) is 38.3 Å². The lowest BCUT2D eigenvalue weighted by Gasteiger charge is -2.28. The van der Waals surface area contributed by atoms with Gasteiger partial charge in [-0.2, -0.15) is 0 Å². The highest BCUT2D eigenvalue weighted by atomic mass is 35.5. The van der Waals surface area contributed by atoms with Crippen LogP contribution in [-0.2, 0) is 11.2 Å². The highest BCUT2D eigenvalue weighted by Crippen LogP contribution is 2.19. The van der Waals surface area contributed by atoms with Crippen LogP contribution in [0.15, 0.2) is 54.6 Å². The fourth-order valence-electron chi connectivity index (χ4n) is 3.17. The fraction of sp³-hybridized carbons (Fsp3) is 0.350. The van der Waals surface area contributed by atoms with E-state index in [1.54, 1.807) is 0 Å². The van der Waals surface area contributed by atoms with E-state index >= 15 is 0 Å². The van der Waals surface area contributed by atoms with Gasteiger partial charge in [-0.15, -0.1) is 12.4 Å². The van der Waals surface area contributed by atoms with E-state index in [0.717, 1.165) is 24.9 Å². The summed E-state index contributed by atoms with van der Waals surface area (Å²) in [6.07, 6.45) is 2.48. The normalized spacial score (nSPS) is 20.0. The van der Waals surface area contributed by atoms with Gasteiger partial charge in [0.15, 0.2) is 0 Å². The first-order valence-electron chi connectivity index (χ1n) is 8.38. The van der Waals surface area contributed by atoms with E-state index in [1.165, 1.54) is 11.1 Å². The van der Waals surface area contributed by atoms with E-state index in [1.807, 2.05) is 30.3 Å². The molecule has 4 heteroatoms. The van der Waals surface area contributed by atoms with E-state index in [4.69, 9.17) is 0 Å². The molecule has 1 aliphatic rings. The lowest BCUT2D eigenvalue weighted by molar-refractivity contribution is -0.121. The van der Waals surface area contributed by atoms with Gasteiger partial charge in [-0.25, -0.2) is 0 Å². The fourth-order valence-corrected chi connectivity index (χ4v) is 3.17. The predicted octanol–water partition coefficient (Wildman–Crippen LogP) is 3.57. The Bertz CT molecular complexity index is 642. The number of halogens is 1. The van der Waals surface area contributed by atoms with E-state index < -0.39 is 0 Å². The second kappa shape index (κ2) is 8.86. The summed E-state index contributed by atoms with van der Waals surface area (Å²) in [5.74, 6) is 0.122. The van der Waals surface area contributed by atoms with Crippen LogP contribution in [0.5, 0.6) is 0 Å². The molecule has 1 saturated heterocycles. The molecule has 1 amide bonds. The van der Waals surface area contributed by atoms with Gasteiger partial charge in [0, 0.05) is 12.1 Å². The lowest BCUT2D eigenvalue weighted by atomic mass is 10.00. The molecule has 0 aliphatic carbocycles. The molecule has 2 N–H and O–H groups in total. The Balaban J connectivity index is 0.00000208. The minimum absolute atomic E-state index is 0. The van der Waals surface area contributed by atoms with Crippen molar-refractivity contribution in [1.82, 2.24) is 10.6 Å². The number of benzene rings is 2. The van der Waals surface area contributed by atoms with Crippen molar-refractivity contribution < 1.29 is 4.79 Å². The molecule has 1 aliphatic heterocycles. The lowest BCUT2D eigenvalue weighted by Crippen LogP contribution is -2.46. The average molecular weight is 345 g/mol. The van der Waals surface area contributed by atoms with Gasteiger partial charge >= 0.3 is 0 Å². The van der Waals surface area contributed by atoms with E-state index in [9.17, 15) is 4.79 Å². The Morgan fingerprint density at radius 1 is 1.08 bits per heavy atom. The number of nitrogens with one attached hydrogen (secondary N) is 2. The second-order valence-electron chi connectivity index (χ2n) is 6.38. The van der Waals surface area contributed by atoms with Crippen molar-refractivity contribution in [3.8, 4) is 11.1 Å². The van der Waals surface area contributed by atoms with Crippen LogP contribution < -0.4 is 10.6 Å². The Labute approximate surface area is 150 Å². The zero-order chi connectivity index (χ0) is 16.1. The molecule has 2 aromatic rings. The van der Waals surface area contributed by atoms with Gasteiger partial charge in [0.2, 0.25) is 5.91 Å². The largest absolute Gasteiger partial charge is 0.353 e. The molecule has 0 spiro atoms. The maximum Gasteiger partial charge on any atom is 0.224 e. The molecule has 128 valence electrons. The summed E-state index contributed by atoms with van der Waals surface area (Å²) < 4.78 is 0. The number of hydrogen-bond acceptors (Lipinski definition) is 2. The maximum atomic E-state index is 12.2. The highest BCUT2D eigenvalue weighted by Gasteiger charge is 2.19. The van der Waals surface area contributed by atoms with Crippen molar-refractivity contribution in [3.63, 3.8) is 0 Å². The topological polar surface area (TPSA) is 41.1 Å². The quantitative estimate of drug-likeness (QED) is 0.890. The van der Waals surface area contributed by atoms with Crippen LogP contribution in [0, 0.1) is 0 Å². The Morgan fingerprint density at radius 2 is 1.75 bits per heavy atom. The molecule has 0 bridgehead atoms. The van der Waals surface area contributed by atoms with Gasteiger partial charge in [0.1, 0.15) is 0 Å². The van der Waals surface area contributed by atoms with Crippen molar-refractivity contribution in [1.29, 1.82) is 0 Å². The number of hydrogen-bond donors (Lipinski definition) is 2. The molecule has 24 heavy (non-hydrogen) atoms. The van der Waals surface area contributed by atoms with Crippen LogP contribution in [0.3, 0.4) is 0 Å². The summed E-state index contributed by atoms with van der Waals surface area (Å²) in [6.45, 7) is 3.15. The van der Waals surface area contributed by atoms with Crippen molar-refractivity contribution in [2.75, 3.05) is 6.54 Å². The molecule has 0 radical (unpaired) electrons. The first-order valence-corrected chi connectivity index (χ1v) is 8.38. The van der Waals surface area contributed by atoms with Crippen LogP contribution in [0.2, 0.25) is 0 Å². The Hall–Kier alpha value is -1.84. The third-order valence-electron chi connectivity index (χ3n) is 4.41. The molecular formula is C20H25ClN2O. The highest BCUT2D eigenvalue weighted by molar-refractivity contribution is 5.85. The van der Waals surface area contributed by atoms with Gasteiger partial charge in [0.25, 0.3) is 0 Å². The number of amides is 1. The van der Waals surface area contributed by atoms with Gasteiger partial charge in [-0.05, 0) is 43.0 Å². The molecule has 0 aromatic heterocycles. The zero-order valence-electron chi connectivity index (χ0n) is 14.0. The standard InChI is InChI=1S/C20H24N2O.ClH/c1-15-13-19(11-12-21-15)22-20(23)14-16-7-9-18(10-8-16)17-5-3-2-4-6-17;/h2-10,15,19,21H,11-14H2,1H3,(H,22,23);1H. The Morgan fingerprint density at radius 3 is 2.42 bits per heavy atom. The smallest absolute Gasteiger partial charge is 0.224 e. The number of carbonyl (C=O) groups is 1. The number of carbonyl (C=O) groups excluding carboxylic acids is 1. The van der Waals surface area contributed by atoms with E-state index in [0.29, 0.717) is 18.5 Å². The monoisotopic (exact) mass is 344 g/mol. The third kappa shape index (κ3) is 5.08. The molecule has 3 rings (SSSR count). The Kier molecular flexibility index (Phi) is 6.83. The first-order chi connectivity index (χ1) is 11.2. The van der Waals surface area contributed by atoms with Crippen LogP contribution in [0.25, 0.3) is 11.1 Å². The summed E-state index contributed by atoms with van der Waals surface area (Å²) in [5, 5.41) is 6.57. The summed E-state index contributed by atoms with van der Waals surface area (Å²) in [7, 11) is 0. The molecule has 1 heterocycles. The van der Waals surface area contributed by atoms with Crippen LogP contribution in [-0.4, -0.2) is 24.5 Å². The van der Waals surface area contributed by atoms with Crippen molar-refractivity contribution in [2.24, 2.45) is 0 Å². The van der Waals surface area contributed by atoms with Crippen LogP contribution in [0.1, 0.15) is 25.3 Å². The minimum Gasteiger partial charge on any atom is -0.353 e. The number of piperidine rings is 1. The predicted molar refractivity (Wildman–Crippen MR) is 101 cm³/mol. The van der Waals surface area contributed by atoms with Crippen LogP contribution in [0.4, 0.5) is 0 Å². The van der Waals surface area contributed by atoms with E-state index in [2.05, 4.69) is 41.8 Å². The molecule has 3 nitrogen and oxygen atoms in total. The van der Waals surface area contributed by atoms with Crippen molar-refractivity contribution >= 4 is 18.3 Å². The molecule has 2 aromatic carbocycles. The molecule has 2 unspecified atom stereocenters. The summed E-state index contributed by atoms with van der Waals surface area (Å²) in [4.78, 5) is 12.2. The van der Waals surface area contributed by atoms with Crippen molar-refractivity contribution in [3.05, 3.63) is 60.2 Å². The minimum atomic E-state index is 0. The SMILES string of the molecule is CC1CC(NC(=O)Cc2ccc(-c3ccccc3)cc2)CCN1.Cl. The summed E-state index contributed by atoms with van der Waals surface area (Å²) in [5.41, 5.74) is 3.44. The molecule has 2 atom stereocenters. The van der Waals surface area contributed by atoms with Gasteiger partial charge in [-0.3, -0.25) is 4.79 Å². The average Bonchev–Trinajstić information content (AvgIpc) is 2.56.